The number of aromatic nitrogens is 2. The number of nitriles is 1. The molecule has 164 valence electrons. The van der Waals surface area contributed by atoms with Crippen LogP contribution in [0.5, 0.6) is 0 Å². The van der Waals surface area contributed by atoms with Crippen molar-refractivity contribution in [3.8, 4) is 17.3 Å². The van der Waals surface area contributed by atoms with E-state index in [2.05, 4.69) is 10.4 Å². The maximum absolute atomic E-state index is 13.6. The van der Waals surface area contributed by atoms with Gasteiger partial charge in [-0.3, -0.25) is 4.79 Å². The van der Waals surface area contributed by atoms with E-state index in [-0.39, 0.29) is 18.3 Å². The van der Waals surface area contributed by atoms with Gasteiger partial charge in [0.1, 0.15) is 12.4 Å². The molecule has 0 saturated heterocycles. The summed E-state index contributed by atoms with van der Waals surface area (Å²) in [5, 5.41) is 16.0. The lowest BCUT2D eigenvalue weighted by Crippen LogP contribution is -2.59. The molecule has 0 radical (unpaired) electrons. The number of alkyl halides is 4. The maximum atomic E-state index is 13.6. The van der Waals surface area contributed by atoms with Crippen LogP contribution in [0.1, 0.15) is 43.6 Å². The number of carbonyl (C=O) groups excluding carboxylic acids is 1. The number of anilines is 1. The molecular formula is C21H19F5N4O. The topological polar surface area (TPSA) is 70.7 Å². The van der Waals surface area contributed by atoms with Gasteiger partial charge in [0.2, 0.25) is 5.91 Å². The molecule has 5 nitrogen and oxygen atoms in total. The highest BCUT2D eigenvalue weighted by Crippen LogP contribution is 2.56. The van der Waals surface area contributed by atoms with Crippen LogP contribution in [0.3, 0.4) is 0 Å². The second-order valence-corrected chi connectivity index (χ2v) is 8.04. The molecule has 1 heterocycles. The number of rotatable bonds is 6. The standard InChI is InChI=1S/C21H19F5N4O/c22-15-6-4-13(5-7-15)18-17(12-2-1-3-12)19(29-30(18)9-8-27)28-16(31)10-14-11-20(23,24)21(14,25)26/h4-7,12,14H,1-3,9-11H2,(H,28,29,31)/t14-/m1/s1. The van der Waals surface area contributed by atoms with Crippen LogP contribution in [0.25, 0.3) is 11.3 Å². The van der Waals surface area contributed by atoms with Crippen molar-refractivity contribution in [1.82, 2.24) is 9.78 Å². The quantitative estimate of drug-likeness (QED) is 0.638. The Hall–Kier alpha value is -2.96. The van der Waals surface area contributed by atoms with Gasteiger partial charge in [-0.05, 0) is 43.0 Å². The second-order valence-electron chi connectivity index (χ2n) is 8.04. The van der Waals surface area contributed by atoms with E-state index in [1.165, 1.54) is 28.9 Å². The van der Waals surface area contributed by atoms with Crippen molar-refractivity contribution in [2.24, 2.45) is 5.92 Å². The third-order valence-corrected chi connectivity index (χ3v) is 6.03. The van der Waals surface area contributed by atoms with Gasteiger partial charge in [-0.15, -0.1) is 0 Å². The Kier molecular flexibility index (Phi) is 5.23. The van der Waals surface area contributed by atoms with Crippen LogP contribution >= 0.6 is 0 Å². The third-order valence-electron chi connectivity index (χ3n) is 6.03. The molecule has 1 aromatic heterocycles. The van der Waals surface area contributed by atoms with Crippen molar-refractivity contribution < 1.29 is 26.7 Å². The van der Waals surface area contributed by atoms with Crippen molar-refractivity contribution in [3.63, 3.8) is 0 Å². The number of hydrogen-bond acceptors (Lipinski definition) is 3. The molecule has 0 spiro atoms. The van der Waals surface area contributed by atoms with Crippen LogP contribution in [0.15, 0.2) is 24.3 Å². The number of halogens is 5. The van der Waals surface area contributed by atoms with E-state index < -0.39 is 42.3 Å². The highest BCUT2D eigenvalue weighted by atomic mass is 19.3. The predicted molar refractivity (Wildman–Crippen MR) is 101 cm³/mol. The first-order chi connectivity index (χ1) is 14.6. The minimum absolute atomic E-state index is 0.0253. The van der Waals surface area contributed by atoms with Crippen LogP contribution in [0.4, 0.5) is 27.8 Å². The number of nitrogens with one attached hydrogen (secondary N) is 1. The average Bonchev–Trinajstić information content (AvgIpc) is 2.98. The van der Waals surface area contributed by atoms with Crippen LogP contribution < -0.4 is 5.32 Å². The fourth-order valence-electron chi connectivity index (χ4n) is 4.09. The number of benzene rings is 1. The Morgan fingerprint density at radius 3 is 2.42 bits per heavy atom. The van der Waals surface area contributed by atoms with Crippen molar-refractivity contribution in [3.05, 3.63) is 35.6 Å². The molecule has 1 amide bonds. The third kappa shape index (κ3) is 3.66. The Morgan fingerprint density at radius 2 is 1.90 bits per heavy atom. The second kappa shape index (κ2) is 7.62. The van der Waals surface area contributed by atoms with Crippen molar-refractivity contribution in [2.75, 3.05) is 5.32 Å². The van der Waals surface area contributed by atoms with E-state index in [1.54, 1.807) is 0 Å². The zero-order valence-electron chi connectivity index (χ0n) is 16.3. The van der Waals surface area contributed by atoms with Gasteiger partial charge in [0.15, 0.2) is 5.82 Å². The van der Waals surface area contributed by atoms with Crippen molar-refractivity contribution >= 4 is 11.7 Å². The van der Waals surface area contributed by atoms with Crippen molar-refractivity contribution in [2.45, 2.75) is 56.4 Å². The van der Waals surface area contributed by atoms with Crippen LogP contribution in [-0.4, -0.2) is 27.5 Å². The molecule has 2 aliphatic carbocycles. The number of carbonyl (C=O) groups is 1. The summed E-state index contributed by atoms with van der Waals surface area (Å²) < 4.78 is 68.0. The van der Waals surface area contributed by atoms with E-state index in [9.17, 15) is 32.0 Å². The molecule has 1 N–H and O–H groups in total. The molecule has 2 aromatic rings. The maximum Gasteiger partial charge on any atom is 0.313 e. The van der Waals surface area contributed by atoms with Gasteiger partial charge < -0.3 is 5.32 Å². The highest BCUT2D eigenvalue weighted by Gasteiger charge is 2.71. The molecule has 1 atom stereocenters. The molecule has 0 unspecified atom stereocenters. The first-order valence-electron chi connectivity index (χ1n) is 9.93. The summed E-state index contributed by atoms with van der Waals surface area (Å²) in [7, 11) is 0. The van der Waals surface area contributed by atoms with E-state index in [0.717, 1.165) is 19.3 Å². The van der Waals surface area contributed by atoms with Crippen LogP contribution in [0.2, 0.25) is 0 Å². The Balaban J connectivity index is 1.64. The fourth-order valence-corrected chi connectivity index (χ4v) is 4.09. The minimum atomic E-state index is -4.22. The Bertz CT molecular complexity index is 1040. The van der Waals surface area contributed by atoms with Gasteiger partial charge in [-0.2, -0.15) is 27.9 Å². The summed E-state index contributed by atoms with van der Waals surface area (Å²) in [4.78, 5) is 12.4. The molecule has 4 rings (SSSR count). The average molecular weight is 438 g/mol. The first-order valence-corrected chi connectivity index (χ1v) is 9.93. The fraction of sp³-hybridized carbons (Fsp3) is 0.476. The number of nitrogens with zero attached hydrogens (tertiary/aromatic N) is 3. The van der Waals surface area contributed by atoms with Gasteiger partial charge >= 0.3 is 11.8 Å². The molecule has 31 heavy (non-hydrogen) atoms. The first kappa shape index (κ1) is 21.3. The minimum Gasteiger partial charge on any atom is -0.309 e. The molecular weight excluding hydrogens is 419 g/mol. The smallest absolute Gasteiger partial charge is 0.309 e. The van der Waals surface area contributed by atoms with E-state index >= 15 is 0 Å². The monoisotopic (exact) mass is 438 g/mol. The molecule has 2 saturated carbocycles. The summed E-state index contributed by atoms with van der Waals surface area (Å²) in [6.07, 6.45) is 0.758. The van der Waals surface area contributed by atoms with Crippen LogP contribution in [-0.2, 0) is 11.3 Å². The zero-order chi connectivity index (χ0) is 22.4. The molecule has 2 fully saturated rings. The molecule has 2 aliphatic rings. The van der Waals surface area contributed by atoms with Gasteiger partial charge in [-0.1, -0.05) is 6.42 Å². The lowest BCUT2D eigenvalue weighted by molar-refractivity contribution is -0.313. The van der Waals surface area contributed by atoms with Gasteiger partial charge in [-0.25, -0.2) is 9.07 Å². The predicted octanol–water partition coefficient (Wildman–Crippen LogP) is 5.10. The van der Waals surface area contributed by atoms with Gasteiger partial charge in [0.05, 0.1) is 11.8 Å². The number of hydrogen-bond donors (Lipinski definition) is 1. The molecule has 1 aromatic carbocycles. The lowest BCUT2D eigenvalue weighted by Gasteiger charge is -2.43. The Labute approximate surface area is 174 Å². The molecule has 0 aliphatic heterocycles. The summed E-state index contributed by atoms with van der Waals surface area (Å²) in [6.45, 7) is -0.144. The van der Waals surface area contributed by atoms with Gasteiger partial charge in [0.25, 0.3) is 0 Å². The van der Waals surface area contributed by atoms with E-state index in [0.29, 0.717) is 16.8 Å². The zero-order valence-corrected chi connectivity index (χ0v) is 16.3. The largest absolute Gasteiger partial charge is 0.313 e. The Morgan fingerprint density at radius 1 is 1.23 bits per heavy atom. The SMILES string of the molecule is N#CCn1nc(NC(=O)C[C@@H]2CC(F)(F)C2(F)F)c(C2CCC2)c1-c1ccc(F)cc1. The van der Waals surface area contributed by atoms with Crippen LogP contribution in [0, 0.1) is 23.1 Å². The number of amides is 1. The highest BCUT2D eigenvalue weighted by molar-refractivity contribution is 5.92. The lowest BCUT2D eigenvalue weighted by atomic mass is 9.74. The normalized spacial score (nSPS) is 21.6. The van der Waals surface area contributed by atoms with E-state index in [4.69, 9.17) is 0 Å². The van der Waals surface area contributed by atoms with Gasteiger partial charge in [0, 0.05) is 29.9 Å². The van der Waals surface area contributed by atoms with E-state index in [1.807, 2.05) is 6.07 Å². The summed E-state index contributed by atoms with van der Waals surface area (Å²) in [6, 6.07) is 7.57. The van der Waals surface area contributed by atoms with Crippen molar-refractivity contribution in [1.29, 1.82) is 5.26 Å². The molecule has 0 bridgehead atoms. The summed E-state index contributed by atoms with van der Waals surface area (Å²) in [5.41, 5.74) is 1.78. The molecule has 10 heteroatoms. The summed E-state index contributed by atoms with van der Waals surface area (Å²) >= 11 is 0. The summed E-state index contributed by atoms with van der Waals surface area (Å²) in [5.74, 6) is -11.2.